The molecule has 0 heterocycles. The molecule has 0 saturated carbocycles. The smallest absolute Gasteiger partial charge is 0.248 e. The first-order valence-electron chi connectivity index (χ1n) is 6.24. The molecule has 0 aliphatic rings. The minimum absolute atomic E-state index is 0.177. The first-order valence-corrected chi connectivity index (χ1v) is 6.24. The second-order valence-corrected chi connectivity index (χ2v) is 4.37. The molecule has 0 spiro atoms. The molecule has 0 aromatic heterocycles. The van der Waals surface area contributed by atoms with Gasteiger partial charge in [0, 0.05) is 11.8 Å². The largest absolute Gasteiger partial charge is 0.322 e. The Morgan fingerprint density at radius 1 is 1.15 bits per heavy atom. The molecule has 0 saturated heterocycles. The van der Waals surface area contributed by atoms with Crippen molar-refractivity contribution >= 4 is 17.7 Å². The van der Waals surface area contributed by atoms with Crippen molar-refractivity contribution in [3.63, 3.8) is 0 Å². The van der Waals surface area contributed by atoms with Gasteiger partial charge in [-0.2, -0.15) is 5.26 Å². The third-order valence-electron chi connectivity index (χ3n) is 2.87. The van der Waals surface area contributed by atoms with E-state index in [-0.39, 0.29) is 5.91 Å². The second kappa shape index (κ2) is 6.35. The highest BCUT2D eigenvalue weighted by Crippen LogP contribution is 2.13. The highest BCUT2D eigenvalue weighted by molar-refractivity contribution is 6.02. The van der Waals surface area contributed by atoms with E-state index in [4.69, 9.17) is 5.26 Å². The van der Waals surface area contributed by atoms with Gasteiger partial charge >= 0.3 is 0 Å². The SMILES string of the molecule is Cc1ccccc1NC(=O)/C=C/c1ccc(C#N)cc1. The number of amides is 1. The van der Waals surface area contributed by atoms with Crippen molar-refractivity contribution in [3.05, 3.63) is 71.3 Å². The summed E-state index contributed by atoms with van der Waals surface area (Å²) < 4.78 is 0. The molecule has 0 bridgehead atoms. The number of carbonyl (C=O) groups excluding carboxylic acids is 1. The van der Waals surface area contributed by atoms with E-state index in [9.17, 15) is 4.79 Å². The monoisotopic (exact) mass is 262 g/mol. The molecule has 0 radical (unpaired) electrons. The maximum absolute atomic E-state index is 11.8. The van der Waals surface area contributed by atoms with Gasteiger partial charge in [0.15, 0.2) is 0 Å². The van der Waals surface area contributed by atoms with Gasteiger partial charge in [0.2, 0.25) is 5.91 Å². The molecule has 20 heavy (non-hydrogen) atoms. The zero-order valence-electron chi connectivity index (χ0n) is 11.1. The van der Waals surface area contributed by atoms with Gasteiger partial charge in [-0.25, -0.2) is 0 Å². The van der Waals surface area contributed by atoms with Crippen molar-refractivity contribution in [2.45, 2.75) is 6.92 Å². The Balaban J connectivity index is 2.02. The van der Waals surface area contributed by atoms with Crippen molar-refractivity contribution in [3.8, 4) is 6.07 Å². The molecule has 0 unspecified atom stereocenters. The normalized spacial score (nSPS) is 10.2. The van der Waals surface area contributed by atoms with Crippen molar-refractivity contribution in [1.29, 1.82) is 5.26 Å². The summed E-state index contributed by atoms with van der Waals surface area (Å²) in [4.78, 5) is 11.8. The van der Waals surface area contributed by atoms with Crippen LogP contribution in [-0.4, -0.2) is 5.91 Å². The highest BCUT2D eigenvalue weighted by atomic mass is 16.1. The number of hydrogen-bond acceptors (Lipinski definition) is 2. The molecule has 0 atom stereocenters. The van der Waals surface area contributed by atoms with Gasteiger partial charge in [-0.1, -0.05) is 30.3 Å². The van der Waals surface area contributed by atoms with E-state index in [1.165, 1.54) is 6.08 Å². The van der Waals surface area contributed by atoms with Crippen LogP contribution in [0.5, 0.6) is 0 Å². The highest BCUT2D eigenvalue weighted by Gasteiger charge is 2.00. The van der Waals surface area contributed by atoms with Crippen LogP contribution in [0.25, 0.3) is 6.08 Å². The van der Waals surface area contributed by atoms with Crippen molar-refractivity contribution in [2.75, 3.05) is 5.32 Å². The number of anilines is 1. The summed E-state index contributed by atoms with van der Waals surface area (Å²) in [5.41, 5.74) is 3.31. The Kier molecular flexibility index (Phi) is 4.31. The molecular formula is C17H14N2O. The number of nitrogens with one attached hydrogen (secondary N) is 1. The molecule has 1 N–H and O–H groups in total. The number of para-hydroxylation sites is 1. The fourth-order valence-electron chi connectivity index (χ4n) is 1.73. The summed E-state index contributed by atoms with van der Waals surface area (Å²) in [6.45, 7) is 1.94. The van der Waals surface area contributed by atoms with E-state index in [1.54, 1.807) is 30.3 Å². The fourth-order valence-corrected chi connectivity index (χ4v) is 1.73. The molecule has 3 nitrogen and oxygen atoms in total. The van der Waals surface area contributed by atoms with E-state index in [0.29, 0.717) is 5.56 Å². The zero-order valence-corrected chi connectivity index (χ0v) is 11.1. The lowest BCUT2D eigenvalue weighted by Gasteiger charge is -2.05. The lowest BCUT2D eigenvalue weighted by atomic mass is 10.1. The lowest BCUT2D eigenvalue weighted by molar-refractivity contribution is -0.111. The van der Waals surface area contributed by atoms with Gasteiger partial charge in [-0.3, -0.25) is 4.79 Å². The van der Waals surface area contributed by atoms with E-state index < -0.39 is 0 Å². The van der Waals surface area contributed by atoms with Crippen molar-refractivity contribution in [1.82, 2.24) is 0 Å². The van der Waals surface area contributed by atoms with Gasteiger partial charge in [-0.05, 0) is 42.3 Å². The Morgan fingerprint density at radius 2 is 1.85 bits per heavy atom. The van der Waals surface area contributed by atoms with E-state index in [2.05, 4.69) is 11.4 Å². The average Bonchev–Trinajstić information content (AvgIpc) is 2.48. The van der Waals surface area contributed by atoms with Gasteiger partial charge in [-0.15, -0.1) is 0 Å². The Hall–Kier alpha value is -2.86. The molecule has 0 aliphatic carbocycles. The minimum atomic E-state index is -0.177. The van der Waals surface area contributed by atoms with E-state index >= 15 is 0 Å². The molecule has 0 fully saturated rings. The number of aryl methyl sites for hydroxylation is 1. The number of carbonyl (C=O) groups is 1. The van der Waals surface area contributed by atoms with E-state index in [0.717, 1.165) is 16.8 Å². The average molecular weight is 262 g/mol. The summed E-state index contributed by atoms with van der Waals surface area (Å²) in [5.74, 6) is -0.177. The number of nitriles is 1. The standard InChI is InChI=1S/C17H14N2O/c1-13-4-2-3-5-16(13)19-17(20)11-10-14-6-8-15(12-18)9-7-14/h2-11H,1H3,(H,19,20)/b11-10+. The van der Waals surface area contributed by atoms with Crippen LogP contribution >= 0.6 is 0 Å². The predicted molar refractivity (Wildman–Crippen MR) is 80.0 cm³/mol. The summed E-state index contributed by atoms with van der Waals surface area (Å²) in [6.07, 6.45) is 3.20. The Bertz CT molecular complexity index is 679. The second-order valence-electron chi connectivity index (χ2n) is 4.37. The first kappa shape index (κ1) is 13.6. The van der Waals surface area contributed by atoms with Crippen LogP contribution in [0.3, 0.4) is 0 Å². The molecule has 98 valence electrons. The molecule has 2 aromatic carbocycles. The Morgan fingerprint density at radius 3 is 2.50 bits per heavy atom. The third-order valence-corrected chi connectivity index (χ3v) is 2.87. The summed E-state index contributed by atoms with van der Waals surface area (Å²) in [6, 6.07) is 16.7. The summed E-state index contributed by atoms with van der Waals surface area (Å²) in [7, 11) is 0. The first-order chi connectivity index (χ1) is 9.69. The molecule has 3 heteroatoms. The zero-order chi connectivity index (χ0) is 14.4. The maximum atomic E-state index is 11.8. The summed E-state index contributed by atoms with van der Waals surface area (Å²) in [5, 5.41) is 11.5. The Labute approximate surface area is 118 Å². The molecule has 0 aliphatic heterocycles. The number of rotatable bonds is 3. The molecule has 2 aromatic rings. The minimum Gasteiger partial charge on any atom is -0.322 e. The van der Waals surface area contributed by atoms with Crippen LogP contribution in [0.1, 0.15) is 16.7 Å². The van der Waals surface area contributed by atoms with Crippen molar-refractivity contribution in [2.24, 2.45) is 0 Å². The predicted octanol–water partition coefficient (Wildman–Crippen LogP) is 3.52. The fraction of sp³-hybridized carbons (Fsp3) is 0.0588. The molecule has 1 amide bonds. The topological polar surface area (TPSA) is 52.9 Å². The quantitative estimate of drug-likeness (QED) is 0.860. The number of nitrogens with zero attached hydrogens (tertiary/aromatic N) is 1. The van der Waals surface area contributed by atoms with Gasteiger partial charge in [0.1, 0.15) is 0 Å². The molecular weight excluding hydrogens is 248 g/mol. The van der Waals surface area contributed by atoms with Crippen LogP contribution in [0.15, 0.2) is 54.6 Å². The van der Waals surface area contributed by atoms with Gasteiger partial charge < -0.3 is 5.32 Å². The van der Waals surface area contributed by atoms with Crippen LogP contribution in [0.4, 0.5) is 5.69 Å². The van der Waals surface area contributed by atoms with E-state index in [1.807, 2.05) is 31.2 Å². The third kappa shape index (κ3) is 3.56. The number of hydrogen-bond donors (Lipinski definition) is 1. The maximum Gasteiger partial charge on any atom is 0.248 e. The molecule has 2 rings (SSSR count). The van der Waals surface area contributed by atoms with Gasteiger partial charge in [0.05, 0.1) is 11.6 Å². The lowest BCUT2D eigenvalue weighted by Crippen LogP contribution is -2.08. The number of benzene rings is 2. The van der Waals surface area contributed by atoms with Crippen LogP contribution in [0, 0.1) is 18.3 Å². The van der Waals surface area contributed by atoms with Crippen molar-refractivity contribution < 1.29 is 4.79 Å². The van der Waals surface area contributed by atoms with Crippen LogP contribution in [0.2, 0.25) is 0 Å². The van der Waals surface area contributed by atoms with Gasteiger partial charge in [0.25, 0.3) is 0 Å². The van der Waals surface area contributed by atoms with Crippen LogP contribution in [-0.2, 0) is 4.79 Å². The van der Waals surface area contributed by atoms with Crippen LogP contribution < -0.4 is 5.32 Å². The summed E-state index contributed by atoms with van der Waals surface area (Å²) >= 11 is 0.